The van der Waals surface area contributed by atoms with Gasteiger partial charge in [-0.3, -0.25) is 4.79 Å². The highest BCUT2D eigenvalue weighted by Gasteiger charge is 2.16. The van der Waals surface area contributed by atoms with E-state index in [2.05, 4.69) is 17.4 Å². The number of ether oxygens (including phenoxy) is 3. The SMILES string of the molecule is COc1cc(NC(=O)c2ccccc2SCc2ccccc2)cc(OC)c1OC. The van der Waals surface area contributed by atoms with Gasteiger partial charge < -0.3 is 19.5 Å². The second-order valence-corrected chi connectivity index (χ2v) is 7.16. The van der Waals surface area contributed by atoms with Crippen molar-refractivity contribution in [2.45, 2.75) is 10.6 Å². The molecular formula is C23H23NO4S. The molecule has 0 heterocycles. The van der Waals surface area contributed by atoms with Crippen molar-refractivity contribution in [2.24, 2.45) is 0 Å². The molecule has 0 radical (unpaired) electrons. The number of methoxy groups -OCH3 is 3. The summed E-state index contributed by atoms with van der Waals surface area (Å²) in [6, 6.07) is 21.2. The summed E-state index contributed by atoms with van der Waals surface area (Å²) in [6.45, 7) is 0. The molecule has 0 saturated heterocycles. The Morgan fingerprint density at radius 2 is 1.48 bits per heavy atom. The largest absolute Gasteiger partial charge is 0.493 e. The van der Waals surface area contributed by atoms with Gasteiger partial charge in [-0.05, 0) is 17.7 Å². The zero-order chi connectivity index (χ0) is 20.6. The number of hydrogen-bond donors (Lipinski definition) is 1. The number of thioether (sulfide) groups is 1. The number of nitrogens with one attached hydrogen (secondary N) is 1. The van der Waals surface area contributed by atoms with E-state index >= 15 is 0 Å². The third kappa shape index (κ3) is 5.03. The number of rotatable bonds is 8. The zero-order valence-electron chi connectivity index (χ0n) is 16.6. The van der Waals surface area contributed by atoms with E-state index in [4.69, 9.17) is 14.2 Å². The average molecular weight is 410 g/mol. The summed E-state index contributed by atoms with van der Waals surface area (Å²) in [7, 11) is 4.62. The Bertz CT molecular complexity index is 951. The minimum atomic E-state index is -0.199. The summed E-state index contributed by atoms with van der Waals surface area (Å²) in [5, 5.41) is 2.93. The van der Waals surface area contributed by atoms with Crippen LogP contribution in [0.4, 0.5) is 5.69 Å². The summed E-state index contributed by atoms with van der Waals surface area (Å²) < 4.78 is 16.0. The summed E-state index contributed by atoms with van der Waals surface area (Å²) >= 11 is 1.63. The molecular weight excluding hydrogens is 386 g/mol. The average Bonchev–Trinajstić information content (AvgIpc) is 2.77. The first-order chi connectivity index (χ1) is 14.2. The Labute approximate surface area is 175 Å². The second-order valence-electron chi connectivity index (χ2n) is 6.14. The van der Waals surface area contributed by atoms with Crippen LogP contribution < -0.4 is 19.5 Å². The Morgan fingerprint density at radius 3 is 2.10 bits per heavy atom. The van der Waals surface area contributed by atoms with Crippen molar-refractivity contribution in [1.82, 2.24) is 0 Å². The Hall–Kier alpha value is -3.12. The molecule has 1 amide bonds. The molecule has 0 saturated carbocycles. The van der Waals surface area contributed by atoms with Crippen LogP contribution in [0.25, 0.3) is 0 Å². The second kappa shape index (κ2) is 9.89. The summed E-state index contributed by atoms with van der Waals surface area (Å²) in [5.74, 6) is 2.03. The van der Waals surface area contributed by atoms with Crippen molar-refractivity contribution >= 4 is 23.4 Å². The van der Waals surface area contributed by atoms with Crippen molar-refractivity contribution in [3.05, 3.63) is 77.9 Å². The standard InChI is InChI=1S/C23H23NO4S/c1-26-19-13-17(14-20(27-2)22(19)28-3)24-23(25)18-11-7-8-12-21(18)29-15-16-9-5-4-6-10-16/h4-14H,15H2,1-3H3,(H,24,25). The molecule has 3 aromatic rings. The molecule has 0 aliphatic carbocycles. The molecule has 0 fully saturated rings. The molecule has 6 heteroatoms. The van der Waals surface area contributed by atoms with Crippen molar-refractivity contribution in [3.63, 3.8) is 0 Å². The molecule has 0 aliphatic rings. The van der Waals surface area contributed by atoms with E-state index in [1.807, 2.05) is 42.5 Å². The first-order valence-corrected chi connectivity index (χ1v) is 10.0. The fourth-order valence-corrected chi connectivity index (χ4v) is 3.87. The van der Waals surface area contributed by atoms with E-state index < -0.39 is 0 Å². The van der Waals surface area contributed by atoms with Gasteiger partial charge in [0.05, 0.1) is 26.9 Å². The maximum Gasteiger partial charge on any atom is 0.256 e. The van der Waals surface area contributed by atoms with Crippen LogP contribution in [0.1, 0.15) is 15.9 Å². The highest BCUT2D eigenvalue weighted by atomic mass is 32.2. The topological polar surface area (TPSA) is 56.8 Å². The lowest BCUT2D eigenvalue weighted by molar-refractivity contribution is 0.102. The molecule has 3 rings (SSSR count). The Balaban J connectivity index is 1.81. The molecule has 0 aromatic heterocycles. The van der Waals surface area contributed by atoms with Crippen LogP contribution >= 0.6 is 11.8 Å². The van der Waals surface area contributed by atoms with Crippen LogP contribution in [-0.4, -0.2) is 27.2 Å². The molecule has 0 atom stereocenters. The van der Waals surface area contributed by atoms with Gasteiger partial charge in [-0.1, -0.05) is 42.5 Å². The number of hydrogen-bond acceptors (Lipinski definition) is 5. The van der Waals surface area contributed by atoms with Gasteiger partial charge >= 0.3 is 0 Å². The van der Waals surface area contributed by atoms with Gasteiger partial charge in [0.25, 0.3) is 5.91 Å². The molecule has 0 spiro atoms. The van der Waals surface area contributed by atoms with Crippen LogP contribution in [0.2, 0.25) is 0 Å². The van der Waals surface area contributed by atoms with E-state index in [0.29, 0.717) is 28.5 Å². The maximum absolute atomic E-state index is 13.0. The number of carbonyl (C=O) groups excluding carboxylic acids is 1. The number of anilines is 1. The molecule has 0 bridgehead atoms. The molecule has 29 heavy (non-hydrogen) atoms. The number of benzene rings is 3. The molecule has 5 nitrogen and oxygen atoms in total. The maximum atomic E-state index is 13.0. The molecule has 150 valence electrons. The van der Waals surface area contributed by atoms with Gasteiger partial charge in [0.15, 0.2) is 11.5 Å². The lowest BCUT2D eigenvalue weighted by atomic mass is 10.2. The third-order valence-electron chi connectivity index (χ3n) is 4.29. The van der Waals surface area contributed by atoms with E-state index in [1.54, 1.807) is 45.2 Å². The number of carbonyl (C=O) groups is 1. The van der Waals surface area contributed by atoms with Gasteiger partial charge in [0.2, 0.25) is 5.75 Å². The fraction of sp³-hybridized carbons (Fsp3) is 0.174. The molecule has 0 unspecified atom stereocenters. The predicted molar refractivity (Wildman–Crippen MR) is 116 cm³/mol. The van der Waals surface area contributed by atoms with E-state index in [0.717, 1.165) is 10.6 Å². The highest BCUT2D eigenvalue weighted by molar-refractivity contribution is 7.98. The van der Waals surface area contributed by atoms with Gasteiger partial charge in [0.1, 0.15) is 0 Å². The van der Waals surface area contributed by atoms with E-state index in [-0.39, 0.29) is 5.91 Å². The van der Waals surface area contributed by atoms with Gasteiger partial charge in [-0.2, -0.15) is 0 Å². The first kappa shape index (κ1) is 20.6. The predicted octanol–water partition coefficient (Wildman–Crippen LogP) is 5.26. The van der Waals surface area contributed by atoms with Crippen LogP contribution in [0.3, 0.4) is 0 Å². The minimum Gasteiger partial charge on any atom is -0.493 e. The highest BCUT2D eigenvalue weighted by Crippen LogP contribution is 2.40. The number of amides is 1. The normalized spacial score (nSPS) is 10.3. The summed E-state index contributed by atoms with van der Waals surface area (Å²) in [4.78, 5) is 13.9. The molecule has 0 aliphatic heterocycles. The Morgan fingerprint density at radius 1 is 0.862 bits per heavy atom. The van der Waals surface area contributed by atoms with Crippen LogP contribution in [0.5, 0.6) is 17.2 Å². The quantitative estimate of drug-likeness (QED) is 0.515. The molecule has 1 N–H and O–H groups in total. The monoisotopic (exact) mass is 409 g/mol. The van der Waals surface area contributed by atoms with Gasteiger partial charge in [-0.15, -0.1) is 11.8 Å². The summed E-state index contributed by atoms with van der Waals surface area (Å²) in [5.41, 5.74) is 2.38. The van der Waals surface area contributed by atoms with Gasteiger partial charge in [-0.25, -0.2) is 0 Å². The fourth-order valence-electron chi connectivity index (χ4n) is 2.87. The van der Waals surface area contributed by atoms with E-state index in [9.17, 15) is 4.79 Å². The summed E-state index contributed by atoms with van der Waals surface area (Å²) in [6.07, 6.45) is 0. The smallest absolute Gasteiger partial charge is 0.256 e. The van der Waals surface area contributed by atoms with Crippen LogP contribution in [0, 0.1) is 0 Å². The molecule has 3 aromatic carbocycles. The van der Waals surface area contributed by atoms with Crippen molar-refractivity contribution in [2.75, 3.05) is 26.6 Å². The van der Waals surface area contributed by atoms with E-state index in [1.165, 1.54) is 5.56 Å². The van der Waals surface area contributed by atoms with Crippen LogP contribution in [-0.2, 0) is 5.75 Å². The Kier molecular flexibility index (Phi) is 7.03. The van der Waals surface area contributed by atoms with Gasteiger partial charge in [0, 0.05) is 28.5 Å². The van der Waals surface area contributed by atoms with Crippen molar-refractivity contribution in [1.29, 1.82) is 0 Å². The van der Waals surface area contributed by atoms with Crippen molar-refractivity contribution < 1.29 is 19.0 Å². The third-order valence-corrected chi connectivity index (χ3v) is 5.44. The van der Waals surface area contributed by atoms with Crippen molar-refractivity contribution in [3.8, 4) is 17.2 Å². The van der Waals surface area contributed by atoms with Crippen LogP contribution in [0.15, 0.2) is 71.6 Å². The minimum absolute atomic E-state index is 0.199. The lowest BCUT2D eigenvalue weighted by Crippen LogP contribution is -2.13. The lowest BCUT2D eigenvalue weighted by Gasteiger charge is -2.15. The first-order valence-electron chi connectivity index (χ1n) is 9.03. The zero-order valence-corrected chi connectivity index (χ0v) is 17.4.